The lowest BCUT2D eigenvalue weighted by atomic mass is 10.1. The lowest BCUT2D eigenvalue weighted by Gasteiger charge is -2.25. The highest BCUT2D eigenvalue weighted by Crippen LogP contribution is 2.19. The number of amides is 1. The summed E-state index contributed by atoms with van der Waals surface area (Å²) in [5.41, 5.74) is 6.34. The van der Waals surface area contributed by atoms with Gasteiger partial charge in [0.25, 0.3) is 0 Å². The van der Waals surface area contributed by atoms with Crippen molar-refractivity contribution in [2.45, 2.75) is 13.0 Å². The maximum atomic E-state index is 12.7. The monoisotopic (exact) mass is 357 g/mol. The minimum atomic E-state index is -0.145. The Morgan fingerprint density at radius 1 is 0.889 bits per heavy atom. The van der Waals surface area contributed by atoms with E-state index in [0.29, 0.717) is 17.8 Å². The lowest BCUT2D eigenvalue weighted by Crippen LogP contribution is -2.42. The molecule has 0 saturated heterocycles. The molecule has 0 aliphatic rings. The van der Waals surface area contributed by atoms with E-state index in [-0.39, 0.29) is 12.3 Å². The van der Waals surface area contributed by atoms with Gasteiger partial charge in [-0.3, -0.25) is 15.2 Å². The molecule has 0 saturated carbocycles. The van der Waals surface area contributed by atoms with E-state index in [1.54, 1.807) is 0 Å². The summed E-state index contributed by atoms with van der Waals surface area (Å²) in [5.74, 6) is -0.145. The maximum absolute atomic E-state index is 12.7. The van der Waals surface area contributed by atoms with Crippen molar-refractivity contribution in [3.05, 3.63) is 96.2 Å². The van der Waals surface area contributed by atoms with Crippen molar-refractivity contribution in [3.8, 4) is 0 Å². The predicted octanol–water partition coefficient (Wildman–Crippen LogP) is 4.11. The molecule has 1 heterocycles. The van der Waals surface area contributed by atoms with Crippen molar-refractivity contribution in [3.63, 3.8) is 0 Å². The highest BCUT2D eigenvalue weighted by Gasteiger charge is 2.15. The third-order valence-electron chi connectivity index (χ3n) is 4.29. The van der Waals surface area contributed by atoms with E-state index in [0.717, 1.165) is 16.6 Å². The van der Waals surface area contributed by atoms with Crippen molar-refractivity contribution >= 4 is 22.6 Å². The number of carbonyl (C=O) groups is 1. The third-order valence-corrected chi connectivity index (χ3v) is 4.29. The quantitative estimate of drug-likeness (QED) is 0.528. The fourth-order valence-corrected chi connectivity index (χ4v) is 2.98. The van der Waals surface area contributed by atoms with E-state index < -0.39 is 0 Å². The Labute approximate surface area is 157 Å². The van der Waals surface area contributed by atoms with Gasteiger partial charge in [-0.1, -0.05) is 65.8 Å². The molecule has 1 aromatic heterocycles. The summed E-state index contributed by atoms with van der Waals surface area (Å²) in [4.78, 5) is 12.7. The standard InChI is InChI=1S/C22H19N3O2/c26-22(15-20-19-13-7-8-14-21(19)27-24-20)23-25(18-11-5-2-6-12-18)16-17-9-3-1-4-10-17/h1-14H,15-16H2,(H,23,26). The van der Waals surface area contributed by atoms with E-state index in [4.69, 9.17) is 4.52 Å². The van der Waals surface area contributed by atoms with Crippen LogP contribution in [0.15, 0.2) is 89.5 Å². The number of hydrogen-bond donors (Lipinski definition) is 1. The van der Waals surface area contributed by atoms with Crippen LogP contribution in [0.3, 0.4) is 0 Å². The molecule has 1 amide bonds. The van der Waals surface area contributed by atoms with E-state index >= 15 is 0 Å². The maximum Gasteiger partial charge on any atom is 0.244 e. The highest BCUT2D eigenvalue weighted by molar-refractivity contribution is 5.86. The summed E-state index contributed by atoms with van der Waals surface area (Å²) in [6, 6.07) is 27.4. The van der Waals surface area contributed by atoms with Gasteiger partial charge < -0.3 is 4.52 Å². The normalized spacial score (nSPS) is 10.7. The first kappa shape index (κ1) is 16.8. The molecule has 1 N–H and O–H groups in total. The first-order valence-electron chi connectivity index (χ1n) is 8.79. The van der Waals surface area contributed by atoms with Gasteiger partial charge in [-0.25, -0.2) is 0 Å². The molecular weight excluding hydrogens is 338 g/mol. The zero-order valence-electron chi connectivity index (χ0n) is 14.7. The Morgan fingerprint density at radius 3 is 2.33 bits per heavy atom. The van der Waals surface area contributed by atoms with Crippen molar-refractivity contribution in [2.24, 2.45) is 0 Å². The number of rotatable bonds is 6. The number of benzene rings is 3. The second-order valence-corrected chi connectivity index (χ2v) is 6.24. The molecule has 0 bridgehead atoms. The highest BCUT2D eigenvalue weighted by atomic mass is 16.5. The minimum absolute atomic E-state index is 0.145. The van der Waals surface area contributed by atoms with Crippen LogP contribution >= 0.6 is 0 Å². The molecule has 0 atom stereocenters. The summed E-state index contributed by atoms with van der Waals surface area (Å²) in [6.45, 7) is 0.566. The fourth-order valence-electron chi connectivity index (χ4n) is 2.98. The number of hydrogen-bond acceptors (Lipinski definition) is 4. The first-order valence-corrected chi connectivity index (χ1v) is 8.79. The number of carbonyl (C=O) groups excluding carboxylic acids is 1. The summed E-state index contributed by atoms with van der Waals surface area (Å²) in [7, 11) is 0. The summed E-state index contributed by atoms with van der Waals surface area (Å²) >= 11 is 0. The van der Waals surface area contributed by atoms with Gasteiger partial charge >= 0.3 is 0 Å². The zero-order valence-corrected chi connectivity index (χ0v) is 14.7. The van der Waals surface area contributed by atoms with Gasteiger partial charge in [0.2, 0.25) is 5.91 Å². The molecule has 134 valence electrons. The average molecular weight is 357 g/mol. The molecule has 5 nitrogen and oxygen atoms in total. The van der Waals surface area contributed by atoms with Crippen molar-refractivity contribution < 1.29 is 9.32 Å². The molecular formula is C22H19N3O2. The smallest absolute Gasteiger partial charge is 0.244 e. The van der Waals surface area contributed by atoms with Crippen LogP contribution in [0.4, 0.5) is 5.69 Å². The second-order valence-electron chi connectivity index (χ2n) is 6.24. The zero-order chi connectivity index (χ0) is 18.5. The molecule has 4 rings (SSSR count). The van der Waals surface area contributed by atoms with Crippen LogP contribution in [0.2, 0.25) is 0 Å². The molecule has 3 aromatic carbocycles. The topological polar surface area (TPSA) is 58.4 Å². The van der Waals surface area contributed by atoms with Crippen molar-refractivity contribution in [1.29, 1.82) is 0 Å². The van der Waals surface area contributed by atoms with E-state index in [1.807, 2.05) is 89.9 Å². The van der Waals surface area contributed by atoms with Gasteiger partial charge in [0.15, 0.2) is 5.58 Å². The third kappa shape index (κ3) is 3.98. The molecule has 27 heavy (non-hydrogen) atoms. The van der Waals surface area contributed by atoms with Gasteiger partial charge in [-0.15, -0.1) is 0 Å². The predicted molar refractivity (Wildman–Crippen MR) is 105 cm³/mol. The summed E-state index contributed by atoms with van der Waals surface area (Å²) in [6.07, 6.45) is 0.148. The van der Waals surface area contributed by atoms with Crippen LogP contribution in [0, 0.1) is 0 Å². The molecule has 0 spiro atoms. The van der Waals surface area contributed by atoms with Gasteiger partial charge in [-0.2, -0.15) is 0 Å². The number of para-hydroxylation sites is 2. The fraction of sp³-hybridized carbons (Fsp3) is 0.0909. The molecule has 0 fully saturated rings. The van der Waals surface area contributed by atoms with Crippen molar-refractivity contribution in [1.82, 2.24) is 10.6 Å². The van der Waals surface area contributed by atoms with E-state index in [2.05, 4.69) is 10.6 Å². The molecule has 0 unspecified atom stereocenters. The van der Waals surface area contributed by atoms with Gasteiger partial charge in [0.05, 0.1) is 18.7 Å². The van der Waals surface area contributed by atoms with E-state index in [9.17, 15) is 4.79 Å². The Kier molecular flexibility index (Phi) is 4.83. The number of hydrazine groups is 1. The Bertz CT molecular complexity index is 1030. The minimum Gasteiger partial charge on any atom is -0.356 e. The second kappa shape index (κ2) is 7.74. The van der Waals surface area contributed by atoms with Crippen molar-refractivity contribution in [2.75, 3.05) is 5.01 Å². The largest absolute Gasteiger partial charge is 0.356 e. The summed E-state index contributed by atoms with van der Waals surface area (Å²) < 4.78 is 5.29. The molecule has 0 radical (unpaired) electrons. The number of aromatic nitrogens is 1. The van der Waals surface area contributed by atoms with Crippen LogP contribution in [0.25, 0.3) is 11.0 Å². The SMILES string of the molecule is O=C(Cc1noc2ccccc12)NN(Cc1ccccc1)c1ccccc1. The van der Waals surface area contributed by atoms with Crippen LogP contribution in [-0.2, 0) is 17.8 Å². The van der Waals surface area contributed by atoms with Crippen LogP contribution < -0.4 is 10.4 Å². The molecule has 4 aromatic rings. The first-order chi connectivity index (χ1) is 13.3. The number of anilines is 1. The molecule has 0 aliphatic carbocycles. The van der Waals surface area contributed by atoms with Gasteiger partial charge in [0, 0.05) is 5.39 Å². The number of nitrogens with zero attached hydrogens (tertiary/aromatic N) is 2. The van der Waals surface area contributed by atoms with Gasteiger partial charge in [0.1, 0.15) is 5.69 Å². The Morgan fingerprint density at radius 2 is 1.56 bits per heavy atom. The van der Waals surface area contributed by atoms with E-state index in [1.165, 1.54) is 0 Å². The molecule has 0 aliphatic heterocycles. The number of fused-ring (bicyclic) bond motifs is 1. The van der Waals surface area contributed by atoms with Gasteiger partial charge in [-0.05, 0) is 29.8 Å². The van der Waals surface area contributed by atoms with Crippen LogP contribution in [0.1, 0.15) is 11.3 Å². The van der Waals surface area contributed by atoms with Crippen LogP contribution in [-0.4, -0.2) is 11.1 Å². The number of nitrogens with one attached hydrogen (secondary N) is 1. The average Bonchev–Trinajstić information content (AvgIpc) is 3.12. The Balaban J connectivity index is 1.53. The Hall–Kier alpha value is -3.60. The lowest BCUT2D eigenvalue weighted by molar-refractivity contribution is -0.120. The molecule has 5 heteroatoms. The van der Waals surface area contributed by atoms with Crippen LogP contribution in [0.5, 0.6) is 0 Å². The summed E-state index contributed by atoms with van der Waals surface area (Å²) in [5, 5.41) is 6.76.